The molecular weight excluding hydrogens is 414 g/mol. The molecule has 2 aromatic carbocycles. The van der Waals surface area contributed by atoms with Crippen LogP contribution in [0.1, 0.15) is 44.4 Å². The fourth-order valence-corrected chi connectivity index (χ4v) is 3.99. The Morgan fingerprint density at radius 1 is 1.24 bits per heavy atom. The van der Waals surface area contributed by atoms with Gasteiger partial charge in [0.2, 0.25) is 0 Å². The van der Waals surface area contributed by atoms with Gasteiger partial charge in [-0.2, -0.15) is 0 Å². The van der Waals surface area contributed by atoms with Gasteiger partial charge in [0.05, 0.1) is 7.11 Å². The Kier molecular flexibility index (Phi) is 6.31. The van der Waals surface area contributed by atoms with Gasteiger partial charge < -0.3 is 15.5 Å². The summed E-state index contributed by atoms with van der Waals surface area (Å²) in [5.41, 5.74) is 10.5. The number of imidazole rings is 1. The number of urea groups is 1. The number of nitrogens with one attached hydrogen (secondary N) is 2. The van der Waals surface area contributed by atoms with Crippen LogP contribution in [0.2, 0.25) is 0 Å². The minimum Gasteiger partial charge on any atom is -0.496 e. The first-order valence-electron chi connectivity index (χ1n) is 11.1. The molecule has 0 unspecified atom stereocenters. The van der Waals surface area contributed by atoms with Gasteiger partial charge in [-0.25, -0.2) is 9.78 Å². The Labute approximate surface area is 193 Å². The van der Waals surface area contributed by atoms with E-state index in [-0.39, 0.29) is 11.9 Å². The highest BCUT2D eigenvalue weighted by Gasteiger charge is 2.36. The standard InChI is InChI=1S/C26H29N5O2/c1-4-8-16(2)20-15-18(11-14-21(20)33-3)22-23(24(27)31(26(28)32)19-12-13-19)30-25(29-22)17-9-6-5-7-10-17/h5-11,14-15,19,27H,4,12-13H2,1-3H3,(H2,28,32)(H,29,30)/b16-8+,27-24?. The van der Waals surface area contributed by atoms with Crippen molar-refractivity contribution in [2.75, 3.05) is 7.11 Å². The lowest BCUT2D eigenvalue weighted by atomic mass is 10.00. The lowest BCUT2D eigenvalue weighted by Gasteiger charge is -2.20. The van der Waals surface area contributed by atoms with Gasteiger partial charge in [-0.15, -0.1) is 0 Å². The van der Waals surface area contributed by atoms with Crippen LogP contribution >= 0.6 is 0 Å². The summed E-state index contributed by atoms with van der Waals surface area (Å²) in [5.74, 6) is 1.43. The third kappa shape index (κ3) is 4.53. The van der Waals surface area contributed by atoms with Crippen molar-refractivity contribution >= 4 is 17.4 Å². The fourth-order valence-electron chi connectivity index (χ4n) is 3.99. The maximum absolute atomic E-state index is 12.2. The zero-order valence-corrected chi connectivity index (χ0v) is 19.2. The molecule has 1 heterocycles. The topological polar surface area (TPSA) is 108 Å². The maximum Gasteiger partial charge on any atom is 0.320 e. The molecular formula is C26H29N5O2. The normalized spacial score (nSPS) is 13.6. The van der Waals surface area contributed by atoms with E-state index in [1.165, 1.54) is 4.90 Å². The number of amidine groups is 1. The van der Waals surface area contributed by atoms with E-state index in [0.717, 1.165) is 47.3 Å². The lowest BCUT2D eigenvalue weighted by Crippen LogP contribution is -2.42. The molecule has 1 saturated carbocycles. The average Bonchev–Trinajstić information content (AvgIpc) is 3.54. The van der Waals surface area contributed by atoms with Gasteiger partial charge in [0.1, 0.15) is 23.0 Å². The molecule has 7 heteroatoms. The summed E-state index contributed by atoms with van der Waals surface area (Å²) in [7, 11) is 1.65. The van der Waals surface area contributed by atoms with E-state index in [1.54, 1.807) is 7.11 Å². The van der Waals surface area contributed by atoms with Gasteiger partial charge in [0.25, 0.3) is 0 Å². The van der Waals surface area contributed by atoms with Gasteiger partial charge in [0.15, 0.2) is 5.84 Å². The molecule has 0 saturated heterocycles. The predicted octanol–water partition coefficient (Wildman–Crippen LogP) is 5.43. The van der Waals surface area contributed by atoms with Gasteiger partial charge in [0, 0.05) is 22.7 Å². The number of carbonyl (C=O) groups is 1. The number of methoxy groups -OCH3 is 1. The Hall–Kier alpha value is -3.87. The van der Waals surface area contributed by atoms with Crippen molar-refractivity contribution in [3.63, 3.8) is 0 Å². The number of nitrogens with zero attached hydrogens (tertiary/aromatic N) is 2. The monoisotopic (exact) mass is 443 g/mol. The van der Waals surface area contributed by atoms with Gasteiger partial charge in [-0.1, -0.05) is 43.3 Å². The molecule has 3 aromatic rings. The van der Waals surface area contributed by atoms with Crippen molar-refractivity contribution in [2.45, 2.75) is 39.2 Å². The average molecular weight is 444 g/mol. The van der Waals surface area contributed by atoms with Crippen molar-refractivity contribution in [1.29, 1.82) is 5.41 Å². The molecule has 170 valence electrons. The summed E-state index contributed by atoms with van der Waals surface area (Å²) in [6.07, 6.45) is 4.74. The summed E-state index contributed by atoms with van der Waals surface area (Å²) in [5, 5.41) is 8.85. The van der Waals surface area contributed by atoms with E-state index >= 15 is 0 Å². The molecule has 4 rings (SSSR count). The SMILES string of the molecule is CC/C=C(\C)c1cc(-c2nc(-c3ccccc3)[nH]c2C(=N)N(C(N)=O)C2CC2)ccc1OC. The largest absolute Gasteiger partial charge is 0.496 e. The highest BCUT2D eigenvalue weighted by molar-refractivity contribution is 6.08. The molecule has 0 atom stereocenters. The van der Waals surface area contributed by atoms with Crippen molar-refractivity contribution in [3.05, 3.63) is 65.9 Å². The van der Waals surface area contributed by atoms with Gasteiger partial charge in [-0.05, 0) is 50.0 Å². The summed E-state index contributed by atoms with van der Waals surface area (Å²) < 4.78 is 5.58. The van der Waals surface area contributed by atoms with Crippen molar-refractivity contribution in [3.8, 4) is 28.4 Å². The van der Waals surface area contributed by atoms with Crippen molar-refractivity contribution in [2.24, 2.45) is 5.73 Å². The Morgan fingerprint density at radius 2 is 1.97 bits per heavy atom. The van der Waals surface area contributed by atoms with Gasteiger partial charge >= 0.3 is 6.03 Å². The van der Waals surface area contributed by atoms with Crippen LogP contribution in [0.15, 0.2) is 54.6 Å². The summed E-state index contributed by atoms with van der Waals surface area (Å²) >= 11 is 0. The third-order valence-electron chi connectivity index (χ3n) is 5.79. The van der Waals surface area contributed by atoms with E-state index in [0.29, 0.717) is 17.2 Å². The van der Waals surface area contributed by atoms with Gasteiger partial charge in [-0.3, -0.25) is 10.3 Å². The maximum atomic E-state index is 12.2. The molecule has 4 N–H and O–H groups in total. The molecule has 0 bridgehead atoms. The number of hydrogen-bond acceptors (Lipinski definition) is 4. The van der Waals surface area contributed by atoms with E-state index < -0.39 is 6.03 Å². The van der Waals surface area contributed by atoms with Crippen molar-refractivity contribution < 1.29 is 9.53 Å². The number of ether oxygens (including phenoxy) is 1. The van der Waals surface area contributed by atoms with Crippen LogP contribution in [0, 0.1) is 5.41 Å². The van der Waals surface area contributed by atoms with E-state index in [1.807, 2.05) is 48.5 Å². The number of rotatable bonds is 7. The minimum absolute atomic E-state index is 0.0347. The molecule has 7 nitrogen and oxygen atoms in total. The summed E-state index contributed by atoms with van der Waals surface area (Å²) in [4.78, 5) is 21.7. The van der Waals surface area contributed by atoms with Crippen LogP contribution in [0.4, 0.5) is 4.79 Å². The number of aromatic amines is 1. The molecule has 2 amide bonds. The van der Waals surface area contributed by atoms with Crippen LogP contribution < -0.4 is 10.5 Å². The molecule has 1 fully saturated rings. The number of allylic oxidation sites excluding steroid dienone is 2. The van der Waals surface area contributed by atoms with Crippen LogP contribution in [-0.2, 0) is 0 Å². The number of H-pyrrole nitrogens is 1. The zero-order valence-electron chi connectivity index (χ0n) is 19.2. The third-order valence-corrected chi connectivity index (χ3v) is 5.79. The Bertz CT molecular complexity index is 1210. The number of benzene rings is 2. The van der Waals surface area contributed by atoms with Crippen LogP contribution in [-0.4, -0.2) is 39.9 Å². The number of carbonyl (C=O) groups excluding carboxylic acids is 1. The highest BCUT2D eigenvalue weighted by atomic mass is 16.5. The van der Waals surface area contributed by atoms with E-state index in [4.69, 9.17) is 20.9 Å². The first-order chi connectivity index (χ1) is 15.9. The molecule has 0 radical (unpaired) electrons. The zero-order chi connectivity index (χ0) is 23.5. The Morgan fingerprint density at radius 3 is 2.58 bits per heavy atom. The number of primary amides is 1. The number of amides is 2. The number of aromatic nitrogens is 2. The summed E-state index contributed by atoms with van der Waals surface area (Å²) in [6.45, 7) is 4.14. The second kappa shape index (κ2) is 9.32. The van der Waals surface area contributed by atoms with E-state index in [9.17, 15) is 4.79 Å². The van der Waals surface area contributed by atoms with Crippen LogP contribution in [0.5, 0.6) is 5.75 Å². The second-order valence-corrected chi connectivity index (χ2v) is 8.17. The molecule has 0 spiro atoms. The van der Waals surface area contributed by atoms with E-state index in [2.05, 4.69) is 24.9 Å². The molecule has 33 heavy (non-hydrogen) atoms. The predicted molar refractivity (Wildman–Crippen MR) is 131 cm³/mol. The molecule has 1 aliphatic carbocycles. The molecule has 1 aromatic heterocycles. The second-order valence-electron chi connectivity index (χ2n) is 8.17. The minimum atomic E-state index is -0.624. The first kappa shape index (κ1) is 22.3. The highest BCUT2D eigenvalue weighted by Crippen LogP contribution is 2.35. The first-order valence-corrected chi connectivity index (χ1v) is 11.1. The van der Waals surface area contributed by atoms with Crippen LogP contribution in [0.3, 0.4) is 0 Å². The quantitative estimate of drug-likeness (QED) is 0.334. The van der Waals surface area contributed by atoms with Crippen molar-refractivity contribution in [1.82, 2.24) is 14.9 Å². The molecule has 1 aliphatic rings. The van der Waals surface area contributed by atoms with Crippen LogP contribution in [0.25, 0.3) is 28.2 Å². The Balaban J connectivity index is 1.87. The number of nitrogens with two attached hydrogens (primary N) is 1. The summed E-state index contributed by atoms with van der Waals surface area (Å²) in [6, 6.07) is 14.9. The smallest absolute Gasteiger partial charge is 0.320 e. The molecule has 0 aliphatic heterocycles. The lowest BCUT2D eigenvalue weighted by molar-refractivity contribution is 0.228. The fraction of sp³-hybridized carbons (Fsp3) is 0.269. The number of hydrogen-bond donors (Lipinski definition) is 3.